The first-order valence-corrected chi connectivity index (χ1v) is 8.09. The van der Waals surface area contributed by atoms with Crippen LogP contribution in [0.5, 0.6) is 0 Å². The molecular formula is C12H22N4O2S. The molecule has 6 nitrogen and oxygen atoms in total. The van der Waals surface area contributed by atoms with Gasteiger partial charge in [-0.05, 0) is 18.3 Å². The van der Waals surface area contributed by atoms with Gasteiger partial charge in [-0.15, -0.1) is 0 Å². The molecule has 19 heavy (non-hydrogen) atoms. The summed E-state index contributed by atoms with van der Waals surface area (Å²) in [6.45, 7) is 5.68. The highest BCUT2D eigenvalue weighted by Crippen LogP contribution is 2.35. The predicted molar refractivity (Wildman–Crippen MR) is 72.9 cm³/mol. The first kappa shape index (κ1) is 14.5. The number of piperidine rings is 1. The molecule has 0 aromatic carbocycles. The average molecular weight is 286 g/mol. The molecule has 0 saturated carbocycles. The molecular weight excluding hydrogens is 264 g/mol. The van der Waals surface area contributed by atoms with E-state index in [1.807, 2.05) is 0 Å². The van der Waals surface area contributed by atoms with E-state index in [2.05, 4.69) is 24.0 Å². The molecule has 2 heterocycles. The Labute approximate surface area is 114 Å². The average Bonchev–Trinajstić information content (AvgIpc) is 2.88. The Morgan fingerprint density at radius 1 is 1.47 bits per heavy atom. The molecule has 1 aliphatic heterocycles. The van der Waals surface area contributed by atoms with Crippen molar-refractivity contribution in [2.24, 2.45) is 11.1 Å². The summed E-state index contributed by atoms with van der Waals surface area (Å²) < 4.78 is 26.6. The SMILES string of the molecule is CCC1(C)CCN(S(=O)(=O)c2[nH]ncc2CN)CC1. The van der Waals surface area contributed by atoms with E-state index in [1.165, 1.54) is 10.5 Å². The molecule has 0 aliphatic carbocycles. The van der Waals surface area contributed by atoms with Gasteiger partial charge in [-0.25, -0.2) is 8.42 Å². The summed E-state index contributed by atoms with van der Waals surface area (Å²) in [5, 5.41) is 6.51. The number of hydrogen-bond acceptors (Lipinski definition) is 4. The smallest absolute Gasteiger partial charge is 0.260 e. The summed E-state index contributed by atoms with van der Waals surface area (Å²) in [6, 6.07) is 0. The van der Waals surface area contributed by atoms with E-state index in [0.29, 0.717) is 18.7 Å². The van der Waals surface area contributed by atoms with Gasteiger partial charge in [0.25, 0.3) is 10.0 Å². The number of aromatic amines is 1. The summed E-state index contributed by atoms with van der Waals surface area (Å²) in [7, 11) is -3.48. The first-order valence-electron chi connectivity index (χ1n) is 6.65. The standard InChI is InChI=1S/C12H22N4O2S/c1-3-12(2)4-6-16(7-5-12)19(17,18)11-10(8-13)9-14-15-11/h9H,3-8,13H2,1-2H3,(H,14,15). The van der Waals surface area contributed by atoms with Crippen LogP contribution in [0, 0.1) is 5.41 Å². The number of aromatic nitrogens is 2. The van der Waals surface area contributed by atoms with Crippen molar-refractivity contribution < 1.29 is 8.42 Å². The van der Waals surface area contributed by atoms with Crippen LogP contribution in [0.1, 0.15) is 38.7 Å². The molecule has 1 fully saturated rings. The lowest BCUT2D eigenvalue weighted by Crippen LogP contribution is -2.42. The lowest BCUT2D eigenvalue weighted by atomic mass is 9.79. The highest BCUT2D eigenvalue weighted by molar-refractivity contribution is 7.89. The molecule has 1 aromatic heterocycles. The van der Waals surface area contributed by atoms with E-state index in [9.17, 15) is 8.42 Å². The molecule has 0 amide bonds. The Morgan fingerprint density at radius 2 is 2.11 bits per heavy atom. The third kappa shape index (κ3) is 2.68. The number of nitrogens with two attached hydrogens (primary N) is 1. The number of nitrogens with one attached hydrogen (secondary N) is 1. The Hall–Kier alpha value is -0.920. The van der Waals surface area contributed by atoms with Crippen LogP contribution < -0.4 is 5.73 Å². The maximum Gasteiger partial charge on any atom is 0.260 e. The third-order valence-corrected chi connectivity index (χ3v) is 6.19. The van der Waals surface area contributed by atoms with Gasteiger partial charge in [-0.2, -0.15) is 9.40 Å². The summed E-state index contributed by atoms with van der Waals surface area (Å²) in [6.07, 6.45) is 4.36. The zero-order chi connectivity index (χ0) is 14.1. The minimum atomic E-state index is -3.48. The van der Waals surface area contributed by atoms with E-state index >= 15 is 0 Å². The molecule has 108 valence electrons. The second-order valence-electron chi connectivity index (χ2n) is 5.50. The van der Waals surface area contributed by atoms with Crippen LogP contribution in [-0.2, 0) is 16.6 Å². The van der Waals surface area contributed by atoms with Crippen LogP contribution in [0.3, 0.4) is 0 Å². The fraction of sp³-hybridized carbons (Fsp3) is 0.750. The van der Waals surface area contributed by atoms with E-state index in [-0.39, 0.29) is 17.0 Å². The molecule has 0 spiro atoms. The maximum absolute atomic E-state index is 12.5. The predicted octanol–water partition coefficient (Wildman–Crippen LogP) is 1.07. The molecule has 7 heteroatoms. The third-order valence-electron chi connectivity index (χ3n) is 4.28. The Kier molecular flexibility index (Phi) is 3.98. The molecule has 0 radical (unpaired) electrons. The van der Waals surface area contributed by atoms with Crippen molar-refractivity contribution in [3.8, 4) is 0 Å². The van der Waals surface area contributed by atoms with Crippen molar-refractivity contribution in [1.82, 2.24) is 14.5 Å². The topological polar surface area (TPSA) is 92.1 Å². The number of hydrogen-bond donors (Lipinski definition) is 2. The van der Waals surface area contributed by atoms with Crippen molar-refractivity contribution in [3.05, 3.63) is 11.8 Å². The zero-order valence-corrected chi connectivity index (χ0v) is 12.3. The molecule has 1 aromatic rings. The zero-order valence-electron chi connectivity index (χ0n) is 11.5. The highest BCUT2D eigenvalue weighted by Gasteiger charge is 2.35. The largest absolute Gasteiger partial charge is 0.326 e. The maximum atomic E-state index is 12.5. The van der Waals surface area contributed by atoms with E-state index in [1.54, 1.807) is 0 Å². The summed E-state index contributed by atoms with van der Waals surface area (Å²) in [5.74, 6) is 0. The molecule has 1 aliphatic rings. The molecule has 0 bridgehead atoms. The number of sulfonamides is 1. The molecule has 2 rings (SSSR count). The quantitative estimate of drug-likeness (QED) is 0.866. The fourth-order valence-electron chi connectivity index (χ4n) is 2.42. The Bertz CT molecular complexity index is 530. The Morgan fingerprint density at radius 3 is 2.63 bits per heavy atom. The van der Waals surface area contributed by atoms with Crippen molar-refractivity contribution in [2.75, 3.05) is 13.1 Å². The summed E-state index contributed by atoms with van der Waals surface area (Å²) in [5.41, 5.74) is 6.35. The lowest BCUT2D eigenvalue weighted by Gasteiger charge is -2.38. The number of nitrogens with zero attached hydrogens (tertiary/aromatic N) is 2. The monoisotopic (exact) mass is 286 g/mol. The van der Waals surface area contributed by atoms with Crippen LogP contribution >= 0.6 is 0 Å². The Balaban J connectivity index is 2.19. The lowest BCUT2D eigenvalue weighted by molar-refractivity contribution is 0.168. The van der Waals surface area contributed by atoms with Crippen molar-refractivity contribution in [2.45, 2.75) is 44.7 Å². The molecule has 0 unspecified atom stereocenters. The van der Waals surface area contributed by atoms with Crippen LogP contribution in [0.15, 0.2) is 11.2 Å². The second-order valence-corrected chi connectivity index (χ2v) is 7.37. The van der Waals surface area contributed by atoms with Gasteiger partial charge in [-0.1, -0.05) is 20.3 Å². The molecule has 1 saturated heterocycles. The van der Waals surface area contributed by atoms with Gasteiger partial charge < -0.3 is 5.73 Å². The minimum Gasteiger partial charge on any atom is -0.326 e. The van der Waals surface area contributed by atoms with E-state index in [4.69, 9.17) is 5.73 Å². The van der Waals surface area contributed by atoms with E-state index in [0.717, 1.165) is 19.3 Å². The van der Waals surface area contributed by atoms with Gasteiger partial charge in [0.1, 0.15) is 0 Å². The van der Waals surface area contributed by atoms with Crippen molar-refractivity contribution in [3.63, 3.8) is 0 Å². The second kappa shape index (κ2) is 5.22. The van der Waals surface area contributed by atoms with Crippen molar-refractivity contribution >= 4 is 10.0 Å². The van der Waals surface area contributed by atoms with Crippen LogP contribution in [0.2, 0.25) is 0 Å². The molecule has 3 N–H and O–H groups in total. The normalized spacial score (nSPS) is 20.6. The fourth-order valence-corrected chi connectivity index (χ4v) is 3.97. The first-order chi connectivity index (χ1) is 8.93. The van der Waals surface area contributed by atoms with Crippen LogP contribution in [0.25, 0.3) is 0 Å². The summed E-state index contributed by atoms with van der Waals surface area (Å²) in [4.78, 5) is 0. The van der Waals surface area contributed by atoms with Gasteiger partial charge in [0.2, 0.25) is 0 Å². The van der Waals surface area contributed by atoms with Crippen LogP contribution in [-0.4, -0.2) is 36.0 Å². The minimum absolute atomic E-state index is 0.148. The van der Waals surface area contributed by atoms with Gasteiger partial charge in [0.15, 0.2) is 5.03 Å². The molecule has 0 atom stereocenters. The highest BCUT2D eigenvalue weighted by atomic mass is 32.2. The van der Waals surface area contributed by atoms with Gasteiger partial charge in [0.05, 0.1) is 6.20 Å². The summed E-state index contributed by atoms with van der Waals surface area (Å²) >= 11 is 0. The van der Waals surface area contributed by atoms with E-state index < -0.39 is 10.0 Å². The number of rotatable bonds is 4. The van der Waals surface area contributed by atoms with Gasteiger partial charge in [-0.3, -0.25) is 5.10 Å². The van der Waals surface area contributed by atoms with Crippen LogP contribution in [0.4, 0.5) is 0 Å². The van der Waals surface area contributed by atoms with Gasteiger partial charge in [0, 0.05) is 25.2 Å². The van der Waals surface area contributed by atoms with Crippen molar-refractivity contribution in [1.29, 1.82) is 0 Å². The van der Waals surface area contributed by atoms with Gasteiger partial charge >= 0.3 is 0 Å². The number of H-pyrrole nitrogens is 1.